The number of aromatic nitrogens is 3. The molecular formula is C10H14N4S2. The van der Waals surface area contributed by atoms with Gasteiger partial charge in [-0.3, -0.25) is 0 Å². The van der Waals surface area contributed by atoms with Gasteiger partial charge >= 0.3 is 0 Å². The highest BCUT2D eigenvalue weighted by Crippen LogP contribution is 2.31. The molecule has 16 heavy (non-hydrogen) atoms. The van der Waals surface area contributed by atoms with E-state index in [4.69, 9.17) is 0 Å². The lowest BCUT2D eigenvalue weighted by Crippen LogP contribution is -2.17. The highest BCUT2D eigenvalue weighted by Gasteiger charge is 2.14. The first-order chi connectivity index (χ1) is 7.72. The second-order valence-corrected chi connectivity index (χ2v) is 5.36. The second kappa shape index (κ2) is 4.99. The molecule has 2 aromatic heterocycles. The average Bonchev–Trinajstić information content (AvgIpc) is 2.86. The van der Waals surface area contributed by atoms with Crippen molar-refractivity contribution in [3.63, 3.8) is 0 Å². The predicted octanol–water partition coefficient (Wildman–Crippen LogP) is 2.64. The zero-order valence-corrected chi connectivity index (χ0v) is 11.2. The fraction of sp³-hybridized carbons (Fsp3) is 0.500. The molecule has 0 radical (unpaired) electrons. The molecule has 1 N–H and O–H groups in total. The average molecular weight is 254 g/mol. The first-order valence-corrected chi connectivity index (χ1v) is 6.89. The van der Waals surface area contributed by atoms with Gasteiger partial charge in [-0.1, -0.05) is 18.3 Å². The van der Waals surface area contributed by atoms with Gasteiger partial charge in [-0.2, -0.15) is 0 Å². The van der Waals surface area contributed by atoms with Gasteiger partial charge in [0.05, 0.1) is 22.1 Å². The lowest BCUT2D eigenvalue weighted by atomic mass is 10.3. The molecular weight excluding hydrogens is 240 g/mol. The van der Waals surface area contributed by atoms with Crippen molar-refractivity contribution in [3.8, 4) is 9.88 Å². The van der Waals surface area contributed by atoms with Crippen molar-refractivity contribution >= 4 is 22.7 Å². The monoisotopic (exact) mass is 254 g/mol. The molecule has 0 aliphatic heterocycles. The third-order valence-corrected chi connectivity index (χ3v) is 4.45. The van der Waals surface area contributed by atoms with Gasteiger partial charge in [-0.15, -0.1) is 21.5 Å². The molecule has 1 unspecified atom stereocenters. The van der Waals surface area contributed by atoms with Gasteiger partial charge in [0.1, 0.15) is 5.01 Å². The third kappa shape index (κ3) is 2.28. The summed E-state index contributed by atoms with van der Waals surface area (Å²) < 4.78 is 0. The van der Waals surface area contributed by atoms with Crippen LogP contribution in [0.4, 0.5) is 0 Å². The summed E-state index contributed by atoms with van der Waals surface area (Å²) in [4.78, 5) is 5.36. The Kier molecular flexibility index (Phi) is 3.63. The van der Waals surface area contributed by atoms with Crippen LogP contribution in [0, 0.1) is 6.92 Å². The summed E-state index contributed by atoms with van der Waals surface area (Å²) >= 11 is 3.26. The van der Waals surface area contributed by atoms with Crippen LogP contribution < -0.4 is 5.32 Å². The molecule has 0 bridgehead atoms. The van der Waals surface area contributed by atoms with E-state index in [2.05, 4.69) is 34.3 Å². The van der Waals surface area contributed by atoms with Gasteiger partial charge in [-0.05, 0) is 20.4 Å². The number of nitrogens with one attached hydrogen (secondary N) is 1. The van der Waals surface area contributed by atoms with E-state index in [9.17, 15) is 0 Å². The number of aryl methyl sites for hydroxylation is 1. The lowest BCUT2D eigenvalue weighted by molar-refractivity contribution is 0.590. The quantitative estimate of drug-likeness (QED) is 0.911. The van der Waals surface area contributed by atoms with E-state index in [1.165, 1.54) is 0 Å². The van der Waals surface area contributed by atoms with E-state index in [0.29, 0.717) is 0 Å². The van der Waals surface area contributed by atoms with E-state index in [-0.39, 0.29) is 6.04 Å². The van der Waals surface area contributed by atoms with E-state index >= 15 is 0 Å². The number of hydrogen-bond donors (Lipinski definition) is 1. The molecule has 2 aromatic rings. The minimum atomic E-state index is 0.268. The molecule has 0 aliphatic carbocycles. The Labute approximate surface area is 103 Å². The lowest BCUT2D eigenvalue weighted by Gasteiger charge is -2.06. The first kappa shape index (κ1) is 11.6. The van der Waals surface area contributed by atoms with Crippen molar-refractivity contribution in [2.24, 2.45) is 0 Å². The minimum absolute atomic E-state index is 0.268. The van der Waals surface area contributed by atoms with Gasteiger partial charge in [0.2, 0.25) is 0 Å². The Morgan fingerprint density at radius 2 is 2.25 bits per heavy atom. The van der Waals surface area contributed by atoms with Crippen LogP contribution in [0.1, 0.15) is 30.6 Å². The van der Waals surface area contributed by atoms with E-state index < -0.39 is 0 Å². The molecule has 0 spiro atoms. The summed E-state index contributed by atoms with van der Waals surface area (Å²) in [5.41, 5.74) is 2.88. The predicted molar refractivity (Wildman–Crippen MR) is 67.8 cm³/mol. The number of nitrogens with zero attached hydrogens (tertiary/aromatic N) is 3. The van der Waals surface area contributed by atoms with Crippen LogP contribution in [0.5, 0.6) is 0 Å². The molecule has 4 nitrogen and oxygen atoms in total. The van der Waals surface area contributed by atoms with Crippen LogP contribution in [0.15, 0.2) is 5.51 Å². The fourth-order valence-corrected chi connectivity index (χ4v) is 3.21. The molecule has 0 saturated carbocycles. The molecule has 6 heteroatoms. The largest absolute Gasteiger partial charge is 0.308 e. The van der Waals surface area contributed by atoms with Gasteiger partial charge in [0.15, 0.2) is 5.01 Å². The molecule has 0 amide bonds. The van der Waals surface area contributed by atoms with Crippen molar-refractivity contribution in [1.82, 2.24) is 20.5 Å². The Morgan fingerprint density at radius 3 is 2.88 bits per heavy atom. The smallest absolute Gasteiger partial charge is 0.159 e. The summed E-state index contributed by atoms with van der Waals surface area (Å²) in [6.45, 7) is 7.13. The van der Waals surface area contributed by atoms with Crippen LogP contribution in [0.25, 0.3) is 9.88 Å². The summed E-state index contributed by atoms with van der Waals surface area (Å²) in [6.07, 6.45) is 0. The van der Waals surface area contributed by atoms with Crippen LogP contribution in [0.3, 0.4) is 0 Å². The second-order valence-electron chi connectivity index (χ2n) is 3.49. The zero-order chi connectivity index (χ0) is 11.5. The Balaban J connectivity index is 2.23. The van der Waals surface area contributed by atoms with Gasteiger partial charge < -0.3 is 5.32 Å². The normalized spacial score (nSPS) is 12.9. The summed E-state index contributed by atoms with van der Waals surface area (Å²) in [5, 5.41) is 13.8. The van der Waals surface area contributed by atoms with Gasteiger partial charge in [0, 0.05) is 0 Å². The van der Waals surface area contributed by atoms with Crippen molar-refractivity contribution in [3.05, 3.63) is 16.2 Å². The molecule has 1 atom stereocenters. The van der Waals surface area contributed by atoms with Crippen molar-refractivity contribution in [2.45, 2.75) is 26.8 Å². The van der Waals surface area contributed by atoms with Crippen LogP contribution in [0.2, 0.25) is 0 Å². The Hall–Kier alpha value is -0.850. The maximum atomic E-state index is 4.23. The highest BCUT2D eigenvalue weighted by molar-refractivity contribution is 7.20. The minimum Gasteiger partial charge on any atom is -0.308 e. The van der Waals surface area contributed by atoms with Crippen molar-refractivity contribution in [1.29, 1.82) is 0 Å². The zero-order valence-electron chi connectivity index (χ0n) is 9.52. The molecule has 86 valence electrons. The molecule has 0 saturated heterocycles. The number of hydrogen-bond acceptors (Lipinski definition) is 6. The van der Waals surface area contributed by atoms with E-state index in [1.807, 2.05) is 12.4 Å². The van der Waals surface area contributed by atoms with E-state index in [1.54, 1.807) is 22.7 Å². The molecule has 0 fully saturated rings. The Morgan fingerprint density at radius 1 is 1.44 bits per heavy atom. The maximum Gasteiger partial charge on any atom is 0.159 e. The summed E-state index contributed by atoms with van der Waals surface area (Å²) in [5.74, 6) is 0. The van der Waals surface area contributed by atoms with Gasteiger partial charge in [0.25, 0.3) is 0 Å². The maximum absolute atomic E-state index is 4.23. The fourth-order valence-electron chi connectivity index (χ4n) is 1.40. The van der Waals surface area contributed by atoms with Crippen LogP contribution in [-0.4, -0.2) is 21.7 Å². The van der Waals surface area contributed by atoms with Crippen LogP contribution in [-0.2, 0) is 0 Å². The number of rotatable bonds is 4. The van der Waals surface area contributed by atoms with Crippen molar-refractivity contribution in [2.75, 3.05) is 6.54 Å². The first-order valence-electron chi connectivity index (χ1n) is 5.19. The summed E-state index contributed by atoms with van der Waals surface area (Å²) in [7, 11) is 0. The summed E-state index contributed by atoms with van der Waals surface area (Å²) in [6, 6.07) is 0.268. The molecule has 0 aliphatic rings. The molecule has 2 heterocycles. The van der Waals surface area contributed by atoms with E-state index in [0.717, 1.165) is 27.1 Å². The number of thiazole rings is 1. The molecule has 0 aromatic carbocycles. The topological polar surface area (TPSA) is 50.7 Å². The SMILES string of the molecule is CCNC(C)c1nnc(-c2scnc2C)s1. The third-order valence-electron chi connectivity index (χ3n) is 2.26. The standard InChI is InChI=1S/C10H14N4S2/c1-4-11-7(3)9-13-14-10(16-9)8-6(2)12-5-15-8/h5,7,11H,4H2,1-3H3. The Bertz CT molecular complexity index is 463. The van der Waals surface area contributed by atoms with Crippen LogP contribution >= 0.6 is 22.7 Å². The molecule has 2 rings (SSSR count). The van der Waals surface area contributed by atoms with Gasteiger partial charge in [-0.25, -0.2) is 4.98 Å². The highest BCUT2D eigenvalue weighted by atomic mass is 32.1. The van der Waals surface area contributed by atoms with Crippen molar-refractivity contribution < 1.29 is 0 Å².